The van der Waals surface area contributed by atoms with Crippen molar-refractivity contribution < 1.29 is 4.79 Å². The first-order valence-electron chi connectivity index (χ1n) is 11.3. The number of carbonyl (C=O) groups excluding carboxylic acids is 1. The maximum Gasteiger partial charge on any atom is 0.226 e. The topological polar surface area (TPSA) is 103 Å². The molecule has 2 N–H and O–H groups in total. The number of likely N-dealkylation sites (N-methyl/N-ethyl adjacent to an activating group) is 1. The predicted octanol–water partition coefficient (Wildman–Crippen LogP) is 2.97. The van der Waals surface area contributed by atoms with E-state index in [2.05, 4.69) is 54.4 Å². The first-order chi connectivity index (χ1) is 16.1. The summed E-state index contributed by atoms with van der Waals surface area (Å²) in [5.41, 5.74) is 2.17. The lowest BCUT2D eigenvalue weighted by Crippen LogP contribution is -2.39. The molecule has 1 aliphatic carbocycles. The molecule has 1 amide bonds. The molecule has 4 aromatic rings. The molecule has 1 aliphatic heterocycles. The summed E-state index contributed by atoms with van der Waals surface area (Å²) in [4.78, 5) is 33.3. The van der Waals surface area contributed by atoms with E-state index in [4.69, 9.17) is 0 Å². The number of nitrogens with zero attached hydrogens (tertiary/aromatic N) is 6. The van der Waals surface area contributed by atoms with Crippen molar-refractivity contribution in [2.45, 2.75) is 31.7 Å². The van der Waals surface area contributed by atoms with Crippen LogP contribution in [0.5, 0.6) is 0 Å². The standard InChI is InChI=1S/C23H26N8OS/c1-30(2)15-5-6-31(11-15)23(32)13-3-4-16-18(7-13)33-22-20(16)21(25-12-26-22)28-19-8-14-9-27-29-17(14)10-24-19/h8-10,12-13,15H,3-7,11H2,1-2H3,(H,27,29)(H,24,25,26,28)/t13-,15+/m0/s1. The van der Waals surface area contributed by atoms with Gasteiger partial charge in [0, 0.05) is 35.3 Å². The van der Waals surface area contributed by atoms with Crippen LogP contribution in [-0.4, -0.2) is 74.1 Å². The van der Waals surface area contributed by atoms with Crippen molar-refractivity contribution in [1.82, 2.24) is 34.9 Å². The van der Waals surface area contributed by atoms with Crippen LogP contribution in [0.2, 0.25) is 0 Å². The maximum atomic E-state index is 13.2. The number of H-pyrrole nitrogens is 1. The van der Waals surface area contributed by atoms with Crippen molar-refractivity contribution in [3.63, 3.8) is 0 Å². The van der Waals surface area contributed by atoms with Crippen LogP contribution in [0, 0.1) is 5.92 Å². The number of amides is 1. The molecule has 6 rings (SSSR count). The van der Waals surface area contributed by atoms with Crippen molar-refractivity contribution in [2.75, 3.05) is 32.5 Å². The van der Waals surface area contributed by atoms with E-state index in [1.165, 1.54) is 10.4 Å². The van der Waals surface area contributed by atoms with E-state index >= 15 is 0 Å². The second-order valence-electron chi connectivity index (χ2n) is 9.19. The fraction of sp³-hybridized carbons (Fsp3) is 0.435. The molecule has 2 atom stereocenters. The minimum absolute atomic E-state index is 0.0565. The molecule has 1 saturated heterocycles. The molecule has 170 valence electrons. The molecule has 4 aromatic heterocycles. The van der Waals surface area contributed by atoms with Gasteiger partial charge < -0.3 is 15.1 Å². The molecule has 10 heteroatoms. The third-order valence-corrected chi connectivity index (χ3v) is 8.13. The van der Waals surface area contributed by atoms with Gasteiger partial charge in [0.25, 0.3) is 0 Å². The molecule has 33 heavy (non-hydrogen) atoms. The first-order valence-corrected chi connectivity index (χ1v) is 12.1. The first kappa shape index (κ1) is 20.5. The lowest BCUT2D eigenvalue weighted by atomic mass is 9.87. The van der Waals surface area contributed by atoms with Gasteiger partial charge in [-0.05, 0) is 51.4 Å². The largest absolute Gasteiger partial charge is 0.341 e. The minimum Gasteiger partial charge on any atom is -0.341 e. The highest BCUT2D eigenvalue weighted by molar-refractivity contribution is 7.19. The predicted molar refractivity (Wildman–Crippen MR) is 129 cm³/mol. The Hall–Kier alpha value is -3.11. The van der Waals surface area contributed by atoms with Crippen LogP contribution in [0.4, 0.5) is 11.6 Å². The summed E-state index contributed by atoms with van der Waals surface area (Å²) in [5, 5.41) is 12.4. The van der Waals surface area contributed by atoms with Gasteiger partial charge in [-0.15, -0.1) is 11.3 Å². The third kappa shape index (κ3) is 3.63. The zero-order valence-electron chi connectivity index (χ0n) is 18.7. The third-order valence-electron chi connectivity index (χ3n) is 6.97. The highest BCUT2D eigenvalue weighted by Gasteiger charge is 2.35. The van der Waals surface area contributed by atoms with Crippen LogP contribution in [-0.2, 0) is 17.6 Å². The van der Waals surface area contributed by atoms with E-state index in [9.17, 15) is 4.79 Å². The van der Waals surface area contributed by atoms with E-state index in [0.717, 1.165) is 71.5 Å². The molecule has 0 radical (unpaired) electrons. The van der Waals surface area contributed by atoms with Gasteiger partial charge in [0.2, 0.25) is 5.91 Å². The summed E-state index contributed by atoms with van der Waals surface area (Å²) in [6, 6.07) is 2.42. The van der Waals surface area contributed by atoms with Gasteiger partial charge >= 0.3 is 0 Å². The van der Waals surface area contributed by atoms with Gasteiger partial charge in [0.15, 0.2) is 0 Å². The van der Waals surface area contributed by atoms with Crippen molar-refractivity contribution in [3.8, 4) is 0 Å². The van der Waals surface area contributed by atoms with E-state index in [-0.39, 0.29) is 5.92 Å². The summed E-state index contributed by atoms with van der Waals surface area (Å²) in [6.45, 7) is 1.71. The quantitative estimate of drug-likeness (QED) is 0.481. The number of fused-ring (bicyclic) bond motifs is 4. The van der Waals surface area contributed by atoms with Crippen LogP contribution in [0.15, 0.2) is 24.8 Å². The maximum absolute atomic E-state index is 13.2. The average Bonchev–Trinajstić information content (AvgIpc) is 3.55. The lowest BCUT2D eigenvalue weighted by molar-refractivity contribution is -0.134. The van der Waals surface area contributed by atoms with Crippen molar-refractivity contribution in [1.29, 1.82) is 0 Å². The van der Waals surface area contributed by atoms with Crippen LogP contribution in [0.3, 0.4) is 0 Å². The van der Waals surface area contributed by atoms with E-state index < -0.39 is 0 Å². The molecule has 2 aliphatic rings. The molecular formula is C23H26N8OS. The molecule has 0 unspecified atom stereocenters. The fourth-order valence-corrected chi connectivity index (χ4v) is 6.34. The van der Waals surface area contributed by atoms with Gasteiger partial charge in [-0.3, -0.25) is 9.89 Å². The number of anilines is 2. The van der Waals surface area contributed by atoms with Gasteiger partial charge in [0.1, 0.15) is 22.8 Å². The monoisotopic (exact) mass is 462 g/mol. The molecule has 0 saturated carbocycles. The second-order valence-corrected chi connectivity index (χ2v) is 10.3. The van der Waals surface area contributed by atoms with E-state index in [0.29, 0.717) is 11.9 Å². The zero-order valence-corrected chi connectivity index (χ0v) is 19.5. The molecule has 0 spiro atoms. The van der Waals surface area contributed by atoms with Gasteiger partial charge in [-0.25, -0.2) is 15.0 Å². The Morgan fingerprint density at radius 1 is 1.24 bits per heavy atom. The van der Waals surface area contributed by atoms with Gasteiger partial charge in [-0.1, -0.05) is 0 Å². The fourth-order valence-electron chi connectivity index (χ4n) is 5.07. The zero-order chi connectivity index (χ0) is 22.5. The molecule has 5 heterocycles. The number of hydrogen-bond donors (Lipinski definition) is 2. The summed E-state index contributed by atoms with van der Waals surface area (Å²) < 4.78 is 0. The van der Waals surface area contributed by atoms with E-state index in [1.54, 1.807) is 30.1 Å². The molecular weight excluding hydrogens is 436 g/mol. The van der Waals surface area contributed by atoms with Gasteiger partial charge in [-0.2, -0.15) is 5.10 Å². The Balaban J connectivity index is 1.25. The number of nitrogens with one attached hydrogen (secondary N) is 2. The van der Waals surface area contributed by atoms with Crippen LogP contribution in [0.1, 0.15) is 23.3 Å². The second kappa shape index (κ2) is 8.03. The van der Waals surface area contributed by atoms with Crippen LogP contribution < -0.4 is 5.32 Å². The smallest absolute Gasteiger partial charge is 0.226 e. The Morgan fingerprint density at radius 2 is 2.15 bits per heavy atom. The average molecular weight is 463 g/mol. The van der Waals surface area contributed by atoms with Crippen molar-refractivity contribution >= 4 is 50.0 Å². The number of likely N-dealkylation sites (tertiary alicyclic amines) is 1. The minimum atomic E-state index is 0.0565. The number of pyridine rings is 1. The summed E-state index contributed by atoms with van der Waals surface area (Å²) in [6.07, 6.45) is 8.72. The number of thiophene rings is 1. The summed E-state index contributed by atoms with van der Waals surface area (Å²) in [7, 11) is 4.19. The summed E-state index contributed by atoms with van der Waals surface area (Å²) in [5.74, 6) is 1.86. The lowest BCUT2D eigenvalue weighted by Gasteiger charge is -2.27. The number of hydrogen-bond acceptors (Lipinski definition) is 8. The Kier molecular flexibility index (Phi) is 4.99. The highest BCUT2D eigenvalue weighted by atomic mass is 32.1. The molecule has 1 fully saturated rings. The Bertz CT molecular complexity index is 1340. The van der Waals surface area contributed by atoms with E-state index in [1.807, 2.05) is 6.07 Å². The Labute approximate surface area is 195 Å². The number of carbonyl (C=O) groups is 1. The molecule has 0 bridgehead atoms. The van der Waals surface area contributed by atoms with Gasteiger partial charge in [0.05, 0.1) is 23.3 Å². The highest BCUT2D eigenvalue weighted by Crippen LogP contribution is 2.41. The summed E-state index contributed by atoms with van der Waals surface area (Å²) >= 11 is 1.69. The number of aromatic amines is 1. The number of aryl methyl sites for hydroxylation is 1. The SMILES string of the molecule is CN(C)[C@@H]1CCN(C(=O)[C@H]2CCc3c(sc4ncnc(Nc5cc6cn[nH]c6cn5)c34)C2)C1. The molecule has 9 nitrogen and oxygen atoms in total. The normalized spacial score (nSPS) is 20.6. The number of rotatable bonds is 4. The van der Waals surface area contributed by atoms with Crippen LogP contribution >= 0.6 is 11.3 Å². The number of aromatic nitrogens is 5. The van der Waals surface area contributed by atoms with Crippen LogP contribution in [0.25, 0.3) is 21.1 Å². The van der Waals surface area contributed by atoms with Crippen molar-refractivity contribution in [2.24, 2.45) is 5.92 Å². The van der Waals surface area contributed by atoms with Crippen molar-refractivity contribution in [3.05, 3.63) is 35.2 Å². The Morgan fingerprint density at radius 3 is 3.00 bits per heavy atom. The molecule has 0 aromatic carbocycles.